The van der Waals surface area contributed by atoms with Crippen molar-refractivity contribution >= 4 is 44.9 Å². The molecule has 100 valence electrons. The number of hydrogen-bond acceptors (Lipinski definition) is 4. The van der Waals surface area contributed by atoms with Crippen molar-refractivity contribution in [2.75, 3.05) is 7.11 Å². The molecule has 0 saturated heterocycles. The van der Waals surface area contributed by atoms with Crippen LogP contribution >= 0.6 is 22.9 Å². The van der Waals surface area contributed by atoms with Crippen LogP contribution in [0.15, 0.2) is 24.3 Å². The Hall–Kier alpha value is -1.59. The number of ether oxygens (including phenoxy) is 1. The minimum Gasteiger partial charge on any atom is -0.467 e. The minimum absolute atomic E-state index is 0.371. The number of fused-ring (bicyclic) bond motifs is 1. The maximum absolute atomic E-state index is 12.1. The SMILES string of the molecule is COC(=O)[C@@H](C)NC(=O)c1sc2ccccc2c1Cl. The van der Waals surface area contributed by atoms with Gasteiger partial charge in [-0.25, -0.2) is 4.79 Å². The van der Waals surface area contributed by atoms with E-state index >= 15 is 0 Å². The number of thiophene rings is 1. The Morgan fingerprint density at radius 2 is 2.05 bits per heavy atom. The van der Waals surface area contributed by atoms with Crippen molar-refractivity contribution in [1.29, 1.82) is 0 Å². The third-order valence-corrected chi connectivity index (χ3v) is 4.32. The van der Waals surface area contributed by atoms with Crippen LogP contribution in [0.5, 0.6) is 0 Å². The summed E-state index contributed by atoms with van der Waals surface area (Å²) in [5.74, 6) is -0.866. The first-order chi connectivity index (χ1) is 9.04. The molecule has 0 aliphatic rings. The van der Waals surface area contributed by atoms with E-state index in [-0.39, 0.29) is 5.91 Å². The molecule has 0 fully saturated rings. The van der Waals surface area contributed by atoms with Crippen LogP contribution in [0.3, 0.4) is 0 Å². The molecule has 1 aromatic heterocycles. The predicted octanol–water partition coefficient (Wildman–Crippen LogP) is 2.85. The average Bonchev–Trinajstić information content (AvgIpc) is 2.75. The summed E-state index contributed by atoms with van der Waals surface area (Å²) in [7, 11) is 1.28. The van der Waals surface area contributed by atoms with Crippen molar-refractivity contribution in [1.82, 2.24) is 5.32 Å². The summed E-state index contributed by atoms with van der Waals surface area (Å²) in [5, 5.41) is 3.81. The van der Waals surface area contributed by atoms with E-state index in [1.807, 2.05) is 24.3 Å². The topological polar surface area (TPSA) is 55.4 Å². The Morgan fingerprint density at radius 1 is 1.37 bits per heavy atom. The molecule has 0 radical (unpaired) electrons. The van der Waals surface area contributed by atoms with E-state index in [1.54, 1.807) is 6.92 Å². The highest BCUT2D eigenvalue weighted by molar-refractivity contribution is 7.21. The first-order valence-electron chi connectivity index (χ1n) is 5.60. The summed E-state index contributed by atoms with van der Waals surface area (Å²) >= 11 is 7.48. The lowest BCUT2D eigenvalue weighted by atomic mass is 10.2. The van der Waals surface area contributed by atoms with Gasteiger partial charge >= 0.3 is 5.97 Å². The molecule has 6 heteroatoms. The fourth-order valence-corrected chi connectivity index (χ4v) is 3.08. The third kappa shape index (κ3) is 2.72. The van der Waals surface area contributed by atoms with Crippen LogP contribution in [0, 0.1) is 0 Å². The Bertz CT molecular complexity index is 638. The molecule has 0 bridgehead atoms. The summed E-state index contributed by atoms with van der Waals surface area (Å²) < 4.78 is 5.49. The van der Waals surface area contributed by atoms with Crippen LogP contribution < -0.4 is 5.32 Å². The summed E-state index contributed by atoms with van der Waals surface area (Å²) in [6, 6.07) is 6.79. The number of rotatable bonds is 3. The molecule has 1 heterocycles. The standard InChI is InChI=1S/C13H12ClNO3S/c1-7(13(17)18-2)15-12(16)11-10(14)8-5-3-4-6-9(8)19-11/h3-7H,1-2H3,(H,15,16)/t7-/m1/s1. The first kappa shape index (κ1) is 13.8. The number of methoxy groups -OCH3 is 1. The van der Waals surface area contributed by atoms with Gasteiger partial charge in [0.15, 0.2) is 0 Å². The molecule has 1 aromatic carbocycles. The highest BCUT2D eigenvalue weighted by atomic mass is 35.5. The fourth-order valence-electron chi connectivity index (χ4n) is 1.66. The second kappa shape index (κ2) is 5.59. The molecule has 1 atom stereocenters. The number of carbonyl (C=O) groups excluding carboxylic acids is 2. The number of halogens is 1. The molecule has 1 amide bonds. The van der Waals surface area contributed by atoms with Gasteiger partial charge in [0.05, 0.1) is 12.1 Å². The van der Waals surface area contributed by atoms with E-state index in [0.29, 0.717) is 9.90 Å². The van der Waals surface area contributed by atoms with Gasteiger partial charge in [-0.1, -0.05) is 29.8 Å². The lowest BCUT2D eigenvalue weighted by molar-refractivity contribution is -0.142. The first-order valence-corrected chi connectivity index (χ1v) is 6.79. The molecule has 1 N–H and O–H groups in total. The number of hydrogen-bond donors (Lipinski definition) is 1. The van der Waals surface area contributed by atoms with Gasteiger partial charge in [-0.05, 0) is 13.0 Å². The average molecular weight is 298 g/mol. The molecular weight excluding hydrogens is 286 g/mol. The van der Waals surface area contributed by atoms with Crippen LogP contribution in [0.4, 0.5) is 0 Å². The van der Waals surface area contributed by atoms with Gasteiger partial charge in [-0.2, -0.15) is 0 Å². The van der Waals surface area contributed by atoms with Gasteiger partial charge < -0.3 is 10.1 Å². The summed E-state index contributed by atoms with van der Waals surface area (Å²) in [6.07, 6.45) is 0. The second-order valence-corrected chi connectivity index (χ2v) is 5.39. The lowest BCUT2D eigenvalue weighted by Crippen LogP contribution is -2.38. The normalized spacial score (nSPS) is 12.2. The number of esters is 1. The number of carbonyl (C=O) groups is 2. The van der Waals surface area contributed by atoms with Gasteiger partial charge in [-0.3, -0.25) is 4.79 Å². The summed E-state index contributed by atoms with van der Waals surface area (Å²) in [6.45, 7) is 1.56. The quantitative estimate of drug-likeness (QED) is 0.886. The molecule has 0 unspecified atom stereocenters. The van der Waals surface area contributed by atoms with Crippen molar-refractivity contribution in [2.24, 2.45) is 0 Å². The van der Waals surface area contributed by atoms with Crippen molar-refractivity contribution in [2.45, 2.75) is 13.0 Å². The number of amides is 1. The van der Waals surface area contributed by atoms with Crippen LogP contribution in [0.25, 0.3) is 10.1 Å². The largest absolute Gasteiger partial charge is 0.467 e. The molecule has 0 saturated carbocycles. The monoisotopic (exact) mass is 297 g/mol. The number of nitrogens with one attached hydrogen (secondary N) is 1. The zero-order valence-corrected chi connectivity index (χ0v) is 12.0. The maximum atomic E-state index is 12.1. The molecule has 4 nitrogen and oxygen atoms in total. The van der Waals surface area contributed by atoms with Crippen molar-refractivity contribution in [3.05, 3.63) is 34.2 Å². The minimum atomic E-state index is -0.709. The fraction of sp³-hybridized carbons (Fsp3) is 0.231. The summed E-state index contributed by atoms with van der Waals surface area (Å²) in [4.78, 5) is 23.7. The van der Waals surface area contributed by atoms with Crippen LogP contribution in [-0.2, 0) is 9.53 Å². The smallest absolute Gasteiger partial charge is 0.328 e. The Morgan fingerprint density at radius 3 is 2.68 bits per heavy atom. The molecule has 2 aromatic rings. The van der Waals surface area contributed by atoms with E-state index < -0.39 is 12.0 Å². The molecule has 19 heavy (non-hydrogen) atoms. The Kier molecular flexibility index (Phi) is 4.07. The second-order valence-electron chi connectivity index (χ2n) is 3.96. The van der Waals surface area contributed by atoms with E-state index in [2.05, 4.69) is 10.1 Å². The van der Waals surface area contributed by atoms with E-state index in [0.717, 1.165) is 10.1 Å². The lowest BCUT2D eigenvalue weighted by Gasteiger charge is -2.10. The molecule has 2 rings (SSSR count). The third-order valence-electron chi connectivity index (χ3n) is 2.64. The van der Waals surface area contributed by atoms with E-state index in [1.165, 1.54) is 18.4 Å². The Balaban J connectivity index is 2.27. The molecule has 0 spiro atoms. The molecule has 0 aliphatic heterocycles. The molecule has 0 aliphatic carbocycles. The zero-order chi connectivity index (χ0) is 14.0. The van der Waals surface area contributed by atoms with Crippen LogP contribution in [-0.4, -0.2) is 25.0 Å². The molecular formula is C13H12ClNO3S. The highest BCUT2D eigenvalue weighted by Crippen LogP contribution is 2.34. The van der Waals surface area contributed by atoms with Crippen molar-refractivity contribution < 1.29 is 14.3 Å². The highest BCUT2D eigenvalue weighted by Gasteiger charge is 2.21. The Labute approximate surface area is 119 Å². The van der Waals surface area contributed by atoms with Crippen LogP contribution in [0.1, 0.15) is 16.6 Å². The van der Waals surface area contributed by atoms with Gasteiger partial charge in [0.25, 0.3) is 5.91 Å². The summed E-state index contributed by atoms with van der Waals surface area (Å²) in [5.41, 5.74) is 0. The van der Waals surface area contributed by atoms with Crippen LogP contribution in [0.2, 0.25) is 5.02 Å². The predicted molar refractivity (Wildman–Crippen MR) is 75.8 cm³/mol. The van der Waals surface area contributed by atoms with E-state index in [9.17, 15) is 9.59 Å². The number of benzene rings is 1. The van der Waals surface area contributed by atoms with Gasteiger partial charge in [0.1, 0.15) is 10.9 Å². The van der Waals surface area contributed by atoms with Gasteiger partial charge in [0, 0.05) is 10.1 Å². The van der Waals surface area contributed by atoms with Gasteiger partial charge in [-0.15, -0.1) is 11.3 Å². The van der Waals surface area contributed by atoms with Crippen molar-refractivity contribution in [3.8, 4) is 0 Å². The van der Waals surface area contributed by atoms with Gasteiger partial charge in [0.2, 0.25) is 0 Å². The van der Waals surface area contributed by atoms with Crippen molar-refractivity contribution in [3.63, 3.8) is 0 Å². The zero-order valence-electron chi connectivity index (χ0n) is 10.4. The van der Waals surface area contributed by atoms with E-state index in [4.69, 9.17) is 11.6 Å². The maximum Gasteiger partial charge on any atom is 0.328 e.